The van der Waals surface area contributed by atoms with Gasteiger partial charge in [0.1, 0.15) is 5.02 Å². The fraction of sp³-hybridized carbons (Fsp3) is 0. The molecule has 0 radical (unpaired) electrons. The van der Waals surface area contributed by atoms with Crippen LogP contribution < -0.4 is 10.9 Å². The van der Waals surface area contributed by atoms with E-state index in [4.69, 9.17) is 23.2 Å². The Bertz CT molecular complexity index is 795. The Kier molecular flexibility index (Phi) is 5.15. The van der Waals surface area contributed by atoms with E-state index in [1.165, 1.54) is 24.3 Å². The lowest BCUT2D eigenvalue weighted by molar-refractivity contribution is -0.384. The second kappa shape index (κ2) is 7.08. The van der Waals surface area contributed by atoms with Crippen LogP contribution >= 0.6 is 23.2 Å². The van der Waals surface area contributed by atoms with Crippen LogP contribution in [-0.4, -0.2) is 16.7 Å². The van der Waals surface area contributed by atoms with Crippen molar-refractivity contribution in [3.63, 3.8) is 0 Å². The lowest BCUT2D eigenvalue weighted by Gasteiger charge is -2.08. The van der Waals surface area contributed by atoms with Gasteiger partial charge in [0, 0.05) is 11.6 Å². The molecule has 9 heteroatoms. The van der Waals surface area contributed by atoms with Crippen LogP contribution in [0.15, 0.2) is 42.5 Å². The van der Waals surface area contributed by atoms with E-state index < -0.39 is 22.4 Å². The Morgan fingerprint density at radius 3 is 2.26 bits per heavy atom. The molecular weight excluding hydrogens is 345 g/mol. The van der Waals surface area contributed by atoms with Crippen molar-refractivity contribution in [3.05, 3.63) is 73.8 Å². The van der Waals surface area contributed by atoms with Crippen LogP contribution in [0.25, 0.3) is 0 Å². The molecule has 0 bridgehead atoms. The number of nitro benzene ring substituents is 1. The van der Waals surface area contributed by atoms with Crippen molar-refractivity contribution in [1.29, 1.82) is 0 Å². The Hall–Kier alpha value is -2.64. The summed E-state index contributed by atoms with van der Waals surface area (Å²) in [6, 6.07) is 9.82. The third-order valence-electron chi connectivity index (χ3n) is 2.81. The first-order valence-corrected chi connectivity index (χ1v) is 6.95. The molecule has 0 aliphatic rings. The van der Waals surface area contributed by atoms with Gasteiger partial charge in [0.15, 0.2) is 0 Å². The maximum Gasteiger partial charge on any atom is 0.288 e. The fourth-order valence-electron chi connectivity index (χ4n) is 1.69. The number of amides is 2. The minimum atomic E-state index is -0.731. The molecule has 2 aromatic carbocycles. The molecule has 0 heterocycles. The van der Waals surface area contributed by atoms with Crippen LogP contribution in [0, 0.1) is 10.1 Å². The summed E-state index contributed by atoms with van der Waals surface area (Å²) in [5.74, 6) is -1.35. The number of nitrogens with zero attached hydrogens (tertiary/aromatic N) is 1. The largest absolute Gasteiger partial charge is 0.288 e. The summed E-state index contributed by atoms with van der Waals surface area (Å²) >= 11 is 11.5. The number of hydrogen-bond acceptors (Lipinski definition) is 4. The number of halogens is 2. The molecule has 0 spiro atoms. The summed E-state index contributed by atoms with van der Waals surface area (Å²) in [5.41, 5.74) is 4.07. The topological polar surface area (TPSA) is 101 Å². The number of carbonyl (C=O) groups is 2. The van der Waals surface area contributed by atoms with Gasteiger partial charge >= 0.3 is 0 Å². The number of rotatable bonds is 3. The zero-order valence-corrected chi connectivity index (χ0v) is 12.9. The van der Waals surface area contributed by atoms with Gasteiger partial charge in [-0.15, -0.1) is 0 Å². The van der Waals surface area contributed by atoms with Gasteiger partial charge < -0.3 is 0 Å². The molecule has 118 valence electrons. The van der Waals surface area contributed by atoms with Crippen LogP contribution in [0.4, 0.5) is 5.69 Å². The zero-order valence-electron chi connectivity index (χ0n) is 11.4. The van der Waals surface area contributed by atoms with E-state index in [2.05, 4.69) is 10.9 Å². The van der Waals surface area contributed by atoms with Crippen molar-refractivity contribution in [1.82, 2.24) is 10.9 Å². The number of benzene rings is 2. The van der Waals surface area contributed by atoms with Gasteiger partial charge in [0.25, 0.3) is 17.5 Å². The third kappa shape index (κ3) is 3.97. The van der Waals surface area contributed by atoms with Gasteiger partial charge in [-0.25, -0.2) is 0 Å². The molecule has 0 saturated carbocycles. The molecule has 0 aliphatic carbocycles. The number of hydrogen-bond donors (Lipinski definition) is 2. The van der Waals surface area contributed by atoms with Crippen molar-refractivity contribution >= 4 is 40.7 Å². The number of nitrogens with one attached hydrogen (secondary N) is 2. The van der Waals surface area contributed by atoms with Gasteiger partial charge in [0.2, 0.25) is 0 Å². The second-order valence-electron chi connectivity index (χ2n) is 4.31. The van der Waals surface area contributed by atoms with Crippen molar-refractivity contribution in [2.24, 2.45) is 0 Å². The molecule has 0 unspecified atom stereocenters. The smallest absolute Gasteiger partial charge is 0.267 e. The summed E-state index contributed by atoms with van der Waals surface area (Å²) in [6.45, 7) is 0. The predicted octanol–water partition coefficient (Wildman–Crippen LogP) is 2.98. The van der Waals surface area contributed by atoms with Crippen molar-refractivity contribution < 1.29 is 14.5 Å². The molecule has 0 saturated heterocycles. The first kappa shape index (κ1) is 16.7. The van der Waals surface area contributed by atoms with Crippen LogP contribution in [0.2, 0.25) is 10.0 Å². The molecule has 2 amide bonds. The molecular formula is C14H9Cl2N3O4. The van der Waals surface area contributed by atoms with E-state index in [1.807, 2.05) is 0 Å². The summed E-state index contributed by atoms with van der Waals surface area (Å²) in [5, 5.41) is 10.9. The molecule has 23 heavy (non-hydrogen) atoms. The molecule has 2 rings (SSSR count). The minimum Gasteiger partial charge on any atom is -0.267 e. The van der Waals surface area contributed by atoms with Crippen LogP contribution in [0.1, 0.15) is 20.7 Å². The maximum atomic E-state index is 11.9. The molecule has 7 nitrogen and oxygen atoms in total. The Balaban J connectivity index is 2.08. The van der Waals surface area contributed by atoms with E-state index in [1.54, 1.807) is 12.1 Å². The minimum absolute atomic E-state index is 0.0273. The monoisotopic (exact) mass is 353 g/mol. The summed E-state index contributed by atoms with van der Waals surface area (Å²) < 4.78 is 0. The highest BCUT2D eigenvalue weighted by Crippen LogP contribution is 2.24. The predicted molar refractivity (Wildman–Crippen MR) is 84.5 cm³/mol. The van der Waals surface area contributed by atoms with Crippen molar-refractivity contribution in [2.45, 2.75) is 0 Å². The fourth-order valence-corrected chi connectivity index (χ4v) is 2.10. The Morgan fingerprint density at radius 1 is 0.957 bits per heavy atom. The van der Waals surface area contributed by atoms with E-state index >= 15 is 0 Å². The van der Waals surface area contributed by atoms with Crippen molar-refractivity contribution in [3.8, 4) is 0 Å². The van der Waals surface area contributed by atoms with Gasteiger partial charge in [-0.1, -0.05) is 35.3 Å². The Morgan fingerprint density at radius 2 is 1.61 bits per heavy atom. The number of carbonyl (C=O) groups excluding carboxylic acids is 2. The van der Waals surface area contributed by atoms with E-state index in [-0.39, 0.29) is 21.2 Å². The number of nitro groups is 1. The molecule has 2 N–H and O–H groups in total. The summed E-state index contributed by atoms with van der Waals surface area (Å²) in [7, 11) is 0. The van der Waals surface area contributed by atoms with Crippen LogP contribution in [-0.2, 0) is 0 Å². The first-order chi connectivity index (χ1) is 10.9. The van der Waals surface area contributed by atoms with Crippen LogP contribution in [0.5, 0.6) is 0 Å². The molecule has 0 atom stereocenters. The van der Waals surface area contributed by atoms with Gasteiger partial charge in [-0.3, -0.25) is 30.6 Å². The van der Waals surface area contributed by atoms with E-state index in [0.29, 0.717) is 0 Å². The molecule has 0 aliphatic heterocycles. The second-order valence-corrected chi connectivity index (χ2v) is 5.13. The van der Waals surface area contributed by atoms with Gasteiger partial charge in [0.05, 0.1) is 15.5 Å². The highest BCUT2D eigenvalue weighted by molar-refractivity contribution is 6.34. The van der Waals surface area contributed by atoms with Gasteiger partial charge in [-0.2, -0.15) is 0 Å². The normalized spacial score (nSPS) is 10.0. The van der Waals surface area contributed by atoms with E-state index in [0.717, 1.165) is 6.07 Å². The quantitative estimate of drug-likeness (QED) is 0.654. The van der Waals surface area contributed by atoms with E-state index in [9.17, 15) is 19.7 Å². The highest BCUT2D eigenvalue weighted by Gasteiger charge is 2.17. The third-order valence-corrected chi connectivity index (χ3v) is 3.46. The first-order valence-electron chi connectivity index (χ1n) is 6.19. The summed E-state index contributed by atoms with van der Waals surface area (Å²) in [4.78, 5) is 33.9. The standard InChI is InChI=1S/C14H9Cl2N3O4/c15-10-4-2-1-3-9(10)14(21)18-17-13(20)8-5-6-11(16)12(7-8)19(22)23/h1-7H,(H,17,20)(H,18,21). The zero-order chi connectivity index (χ0) is 17.0. The Labute approximate surface area is 140 Å². The average Bonchev–Trinajstić information content (AvgIpc) is 2.52. The maximum absolute atomic E-state index is 11.9. The lowest BCUT2D eigenvalue weighted by atomic mass is 10.2. The van der Waals surface area contributed by atoms with Crippen molar-refractivity contribution in [2.75, 3.05) is 0 Å². The van der Waals surface area contributed by atoms with Gasteiger partial charge in [-0.05, 0) is 24.3 Å². The molecule has 0 fully saturated rings. The number of hydrazine groups is 1. The lowest BCUT2D eigenvalue weighted by Crippen LogP contribution is -2.41. The SMILES string of the molecule is O=C(NNC(=O)c1ccccc1Cl)c1ccc(Cl)c([N+](=O)[O-])c1. The molecule has 2 aromatic rings. The summed E-state index contributed by atoms with van der Waals surface area (Å²) in [6.07, 6.45) is 0. The highest BCUT2D eigenvalue weighted by atomic mass is 35.5. The molecule has 0 aromatic heterocycles. The van der Waals surface area contributed by atoms with Crippen LogP contribution in [0.3, 0.4) is 0 Å². The average molecular weight is 354 g/mol.